The zero-order chi connectivity index (χ0) is 10.7. The monoisotopic (exact) mass is 220 g/mol. The smallest absolute Gasteiger partial charge is 0.278 e. The SMILES string of the molecule is CC(C#N)Sc1nnc(-c2ccc[nH]2)o1. The number of nitriles is 1. The lowest BCUT2D eigenvalue weighted by Crippen LogP contribution is -1.88. The minimum atomic E-state index is -0.193. The first-order valence-corrected chi connectivity index (χ1v) is 5.21. The van der Waals surface area contributed by atoms with E-state index in [0.717, 1.165) is 5.69 Å². The van der Waals surface area contributed by atoms with Crippen LogP contribution in [0, 0.1) is 11.3 Å². The zero-order valence-corrected chi connectivity index (χ0v) is 8.78. The molecule has 0 fully saturated rings. The molecule has 0 aliphatic rings. The predicted molar refractivity (Wildman–Crippen MR) is 55.0 cm³/mol. The normalized spacial score (nSPS) is 12.3. The van der Waals surface area contributed by atoms with E-state index in [-0.39, 0.29) is 5.25 Å². The number of nitrogens with zero attached hydrogens (tertiary/aromatic N) is 3. The average Bonchev–Trinajstić information content (AvgIpc) is 2.85. The average molecular weight is 220 g/mol. The first-order chi connectivity index (χ1) is 7.29. The van der Waals surface area contributed by atoms with Crippen molar-refractivity contribution in [3.8, 4) is 17.7 Å². The molecule has 0 aromatic carbocycles. The summed E-state index contributed by atoms with van der Waals surface area (Å²) in [6, 6.07) is 5.78. The van der Waals surface area contributed by atoms with Gasteiger partial charge in [0.2, 0.25) is 0 Å². The highest BCUT2D eigenvalue weighted by atomic mass is 32.2. The fourth-order valence-electron chi connectivity index (χ4n) is 1.01. The molecule has 0 aliphatic carbocycles. The van der Waals surface area contributed by atoms with Crippen LogP contribution in [0.5, 0.6) is 0 Å². The molecule has 0 aliphatic heterocycles. The van der Waals surface area contributed by atoms with Gasteiger partial charge < -0.3 is 9.40 Å². The lowest BCUT2D eigenvalue weighted by atomic mass is 10.4. The Morgan fingerprint density at radius 1 is 1.60 bits per heavy atom. The van der Waals surface area contributed by atoms with Crippen LogP contribution < -0.4 is 0 Å². The van der Waals surface area contributed by atoms with Gasteiger partial charge in [-0.15, -0.1) is 10.2 Å². The summed E-state index contributed by atoms with van der Waals surface area (Å²) < 4.78 is 5.36. The van der Waals surface area contributed by atoms with E-state index in [2.05, 4.69) is 21.3 Å². The van der Waals surface area contributed by atoms with E-state index in [9.17, 15) is 0 Å². The van der Waals surface area contributed by atoms with Gasteiger partial charge in [0.05, 0.1) is 11.3 Å². The lowest BCUT2D eigenvalue weighted by Gasteiger charge is -1.93. The van der Waals surface area contributed by atoms with Gasteiger partial charge >= 0.3 is 0 Å². The van der Waals surface area contributed by atoms with Gasteiger partial charge in [0.1, 0.15) is 5.69 Å². The molecule has 6 heteroatoms. The predicted octanol–water partition coefficient (Wildman–Crippen LogP) is 2.07. The van der Waals surface area contributed by atoms with Crippen molar-refractivity contribution in [1.29, 1.82) is 5.26 Å². The van der Waals surface area contributed by atoms with Crippen LogP contribution >= 0.6 is 11.8 Å². The molecule has 5 nitrogen and oxygen atoms in total. The lowest BCUT2D eigenvalue weighted by molar-refractivity contribution is 0.464. The van der Waals surface area contributed by atoms with Crippen LogP contribution in [-0.4, -0.2) is 20.4 Å². The second kappa shape index (κ2) is 4.19. The van der Waals surface area contributed by atoms with Crippen molar-refractivity contribution in [2.45, 2.75) is 17.4 Å². The Morgan fingerprint density at radius 2 is 2.47 bits per heavy atom. The van der Waals surface area contributed by atoms with E-state index in [0.29, 0.717) is 11.1 Å². The number of hydrogen-bond acceptors (Lipinski definition) is 5. The molecule has 2 heterocycles. The summed E-state index contributed by atoms with van der Waals surface area (Å²) in [6.45, 7) is 1.78. The van der Waals surface area contributed by atoms with E-state index in [4.69, 9.17) is 9.68 Å². The minimum absolute atomic E-state index is 0.193. The highest BCUT2D eigenvalue weighted by Crippen LogP contribution is 2.24. The van der Waals surface area contributed by atoms with Crippen molar-refractivity contribution in [2.24, 2.45) is 0 Å². The van der Waals surface area contributed by atoms with Crippen LogP contribution in [-0.2, 0) is 0 Å². The minimum Gasteiger partial charge on any atom is -0.410 e. The van der Waals surface area contributed by atoms with Gasteiger partial charge in [-0.25, -0.2) is 0 Å². The van der Waals surface area contributed by atoms with Gasteiger partial charge in [0, 0.05) is 6.20 Å². The number of aromatic amines is 1. The number of H-pyrrole nitrogens is 1. The van der Waals surface area contributed by atoms with Gasteiger partial charge in [-0.2, -0.15) is 5.26 Å². The summed E-state index contributed by atoms with van der Waals surface area (Å²) in [4.78, 5) is 2.96. The van der Waals surface area contributed by atoms with Crippen LogP contribution in [0.3, 0.4) is 0 Å². The second-order valence-corrected chi connectivity index (χ2v) is 4.14. The Bertz CT molecular complexity index is 471. The number of hydrogen-bond donors (Lipinski definition) is 1. The van der Waals surface area contributed by atoms with Crippen LogP contribution in [0.25, 0.3) is 11.6 Å². The molecule has 15 heavy (non-hydrogen) atoms. The van der Waals surface area contributed by atoms with Crippen molar-refractivity contribution in [2.75, 3.05) is 0 Å². The third kappa shape index (κ3) is 2.19. The Hall–Kier alpha value is -1.74. The largest absolute Gasteiger partial charge is 0.410 e. The molecule has 76 valence electrons. The molecule has 0 radical (unpaired) electrons. The van der Waals surface area contributed by atoms with Gasteiger partial charge in [-0.05, 0) is 30.8 Å². The van der Waals surface area contributed by atoms with E-state index < -0.39 is 0 Å². The summed E-state index contributed by atoms with van der Waals surface area (Å²) in [5, 5.41) is 16.5. The fourth-order valence-corrected chi connectivity index (χ4v) is 1.58. The van der Waals surface area contributed by atoms with Gasteiger partial charge in [0.15, 0.2) is 0 Å². The molecule has 1 unspecified atom stereocenters. The number of nitrogens with one attached hydrogen (secondary N) is 1. The van der Waals surface area contributed by atoms with Gasteiger partial charge in [-0.3, -0.25) is 0 Å². The van der Waals surface area contributed by atoms with Crippen LogP contribution in [0.1, 0.15) is 6.92 Å². The summed E-state index contributed by atoms with van der Waals surface area (Å²) in [6.07, 6.45) is 1.78. The number of aromatic nitrogens is 3. The first kappa shape index (κ1) is 9.80. The fraction of sp³-hybridized carbons (Fsp3) is 0.222. The molecule has 0 amide bonds. The van der Waals surface area contributed by atoms with Crippen molar-refractivity contribution in [3.63, 3.8) is 0 Å². The highest BCUT2D eigenvalue weighted by molar-refractivity contribution is 7.99. The molecule has 0 saturated carbocycles. The molecule has 0 bridgehead atoms. The first-order valence-electron chi connectivity index (χ1n) is 4.33. The molecular weight excluding hydrogens is 212 g/mol. The summed E-state index contributed by atoms with van der Waals surface area (Å²) >= 11 is 1.25. The van der Waals surface area contributed by atoms with Crippen molar-refractivity contribution < 1.29 is 4.42 Å². The van der Waals surface area contributed by atoms with Crippen LogP contribution in [0.4, 0.5) is 0 Å². The third-order valence-electron chi connectivity index (χ3n) is 1.69. The Labute approximate surface area is 90.5 Å². The molecule has 1 atom stereocenters. The molecule has 2 aromatic rings. The summed E-state index contributed by atoms with van der Waals surface area (Å²) in [7, 11) is 0. The third-order valence-corrected chi connectivity index (χ3v) is 2.52. The van der Waals surface area contributed by atoms with E-state index in [1.807, 2.05) is 12.1 Å². The maximum Gasteiger partial charge on any atom is 0.278 e. The standard InChI is InChI=1S/C9H8N4OS/c1-6(5-10)15-9-13-12-8(14-9)7-3-2-4-11-7/h2-4,6,11H,1H3. The molecule has 1 N–H and O–H groups in total. The van der Waals surface area contributed by atoms with Gasteiger partial charge in [0.25, 0.3) is 11.1 Å². The maximum absolute atomic E-state index is 8.62. The molecule has 2 rings (SSSR count). The Kier molecular flexibility index (Phi) is 2.74. The van der Waals surface area contributed by atoms with Crippen LogP contribution in [0.2, 0.25) is 0 Å². The molecule has 0 saturated heterocycles. The topological polar surface area (TPSA) is 78.5 Å². The van der Waals surface area contributed by atoms with Crippen molar-refractivity contribution in [1.82, 2.24) is 15.2 Å². The molecule has 2 aromatic heterocycles. The summed E-state index contributed by atoms with van der Waals surface area (Å²) in [5.74, 6) is 0.438. The summed E-state index contributed by atoms with van der Waals surface area (Å²) in [5.41, 5.74) is 0.777. The number of rotatable bonds is 3. The highest BCUT2D eigenvalue weighted by Gasteiger charge is 2.12. The number of thioether (sulfide) groups is 1. The van der Waals surface area contributed by atoms with Gasteiger partial charge in [-0.1, -0.05) is 0 Å². The quantitative estimate of drug-likeness (QED) is 0.801. The second-order valence-electron chi connectivity index (χ2n) is 2.85. The van der Waals surface area contributed by atoms with Crippen molar-refractivity contribution in [3.05, 3.63) is 18.3 Å². The van der Waals surface area contributed by atoms with E-state index in [1.54, 1.807) is 13.1 Å². The zero-order valence-electron chi connectivity index (χ0n) is 7.97. The Balaban J connectivity index is 2.15. The van der Waals surface area contributed by atoms with E-state index in [1.165, 1.54) is 11.8 Å². The molecular formula is C9H8N4OS. The van der Waals surface area contributed by atoms with Crippen LogP contribution in [0.15, 0.2) is 28.0 Å². The van der Waals surface area contributed by atoms with E-state index >= 15 is 0 Å². The molecule has 0 spiro atoms. The van der Waals surface area contributed by atoms with Crippen molar-refractivity contribution >= 4 is 11.8 Å². The Morgan fingerprint density at radius 3 is 3.13 bits per heavy atom. The maximum atomic E-state index is 8.62.